The molecule has 104 valence electrons. The van der Waals surface area contributed by atoms with Gasteiger partial charge in [-0.25, -0.2) is 0 Å². The number of hydrogen-bond donors (Lipinski definition) is 2. The number of thiophene rings is 1. The first kappa shape index (κ1) is 14.1. The van der Waals surface area contributed by atoms with E-state index in [4.69, 9.17) is 5.73 Å². The number of amides is 2. The third kappa shape index (κ3) is 2.97. The van der Waals surface area contributed by atoms with Crippen molar-refractivity contribution in [3.05, 3.63) is 16.0 Å². The Hall–Kier alpha value is -1.36. The van der Waals surface area contributed by atoms with Gasteiger partial charge in [0.2, 0.25) is 5.91 Å². The zero-order valence-corrected chi connectivity index (χ0v) is 12.2. The lowest BCUT2D eigenvalue weighted by molar-refractivity contribution is -0.118. The molecule has 1 aliphatic rings. The molecule has 1 aliphatic carbocycles. The van der Waals surface area contributed by atoms with Crippen molar-refractivity contribution >= 4 is 28.2 Å². The number of anilines is 1. The molecule has 0 aliphatic heterocycles. The third-order valence-electron chi connectivity index (χ3n) is 3.43. The highest BCUT2D eigenvalue weighted by atomic mass is 32.1. The van der Waals surface area contributed by atoms with Crippen molar-refractivity contribution in [2.75, 3.05) is 5.32 Å². The molecule has 0 unspecified atom stereocenters. The van der Waals surface area contributed by atoms with Gasteiger partial charge in [-0.15, -0.1) is 11.3 Å². The molecule has 3 N–H and O–H groups in total. The van der Waals surface area contributed by atoms with Crippen LogP contribution < -0.4 is 11.1 Å². The predicted octanol–water partition coefficient (Wildman–Crippen LogP) is 2.71. The number of nitrogens with two attached hydrogens (primary N) is 1. The molecule has 0 saturated heterocycles. The molecule has 0 spiro atoms. The van der Waals surface area contributed by atoms with Crippen molar-refractivity contribution in [3.63, 3.8) is 0 Å². The van der Waals surface area contributed by atoms with E-state index in [-0.39, 0.29) is 11.8 Å². The first-order chi connectivity index (χ1) is 9.00. The van der Waals surface area contributed by atoms with Crippen molar-refractivity contribution < 1.29 is 9.59 Å². The highest BCUT2D eigenvalue weighted by molar-refractivity contribution is 7.17. The second-order valence-corrected chi connectivity index (χ2v) is 6.38. The van der Waals surface area contributed by atoms with E-state index in [1.165, 1.54) is 22.6 Å². The summed E-state index contributed by atoms with van der Waals surface area (Å²) in [5, 5.41) is 3.48. The molecular formula is C14H20N2O2S. The van der Waals surface area contributed by atoms with Crippen molar-refractivity contribution in [3.8, 4) is 0 Å². The van der Waals surface area contributed by atoms with Gasteiger partial charge in [0.05, 0.1) is 5.56 Å². The molecule has 1 aromatic heterocycles. The van der Waals surface area contributed by atoms with E-state index in [1.807, 2.05) is 13.8 Å². The van der Waals surface area contributed by atoms with Gasteiger partial charge in [-0.05, 0) is 31.2 Å². The number of hydrogen-bond acceptors (Lipinski definition) is 3. The van der Waals surface area contributed by atoms with Crippen LogP contribution in [0.1, 0.15) is 53.9 Å². The SMILES string of the molecule is CC(C)C(=O)Nc1sc2c(c1C(N)=O)CCCCC2. The van der Waals surface area contributed by atoms with Gasteiger partial charge in [0, 0.05) is 10.8 Å². The maximum Gasteiger partial charge on any atom is 0.251 e. The summed E-state index contributed by atoms with van der Waals surface area (Å²) in [4.78, 5) is 24.7. The van der Waals surface area contributed by atoms with Gasteiger partial charge < -0.3 is 11.1 Å². The lowest BCUT2D eigenvalue weighted by atomic mass is 10.1. The molecule has 0 fully saturated rings. The molecule has 0 bridgehead atoms. The van der Waals surface area contributed by atoms with Gasteiger partial charge in [0.25, 0.3) is 5.91 Å². The zero-order chi connectivity index (χ0) is 14.0. The minimum Gasteiger partial charge on any atom is -0.365 e. The van der Waals surface area contributed by atoms with Gasteiger partial charge in [-0.1, -0.05) is 20.3 Å². The van der Waals surface area contributed by atoms with Gasteiger partial charge in [0.1, 0.15) is 5.00 Å². The number of carbonyl (C=O) groups is 2. The predicted molar refractivity (Wildman–Crippen MR) is 77.6 cm³/mol. The molecule has 1 heterocycles. The van der Waals surface area contributed by atoms with E-state index in [0.717, 1.165) is 31.2 Å². The number of carbonyl (C=O) groups excluding carboxylic acids is 2. The van der Waals surface area contributed by atoms with Crippen LogP contribution in [0.25, 0.3) is 0 Å². The van der Waals surface area contributed by atoms with Crippen molar-refractivity contribution in [1.29, 1.82) is 0 Å². The van der Waals surface area contributed by atoms with E-state index in [2.05, 4.69) is 5.32 Å². The number of fused-ring (bicyclic) bond motifs is 1. The summed E-state index contributed by atoms with van der Waals surface area (Å²) in [7, 11) is 0. The van der Waals surface area contributed by atoms with Crippen LogP contribution in [0, 0.1) is 5.92 Å². The van der Waals surface area contributed by atoms with E-state index in [0.29, 0.717) is 10.6 Å². The number of nitrogens with one attached hydrogen (secondary N) is 1. The molecule has 0 radical (unpaired) electrons. The summed E-state index contributed by atoms with van der Waals surface area (Å²) in [6.45, 7) is 3.66. The van der Waals surface area contributed by atoms with Gasteiger partial charge in [0.15, 0.2) is 0 Å². The molecule has 2 rings (SSSR count). The fraction of sp³-hybridized carbons (Fsp3) is 0.571. The standard InChI is InChI=1S/C14H20N2O2S/c1-8(2)13(18)16-14-11(12(15)17)9-6-4-3-5-7-10(9)19-14/h8H,3-7H2,1-2H3,(H2,15,17)(H,16,18). The second-order valence-electron chi connectivity index (χ2n) is 5.28. The summed E-state index contributed by atoms with van der Waals surface area (Å²) in [6, 6.07) is 0. The molecular weight excluding hydrogens is 260 g/mol. The Morgan fingerprint density at radius 3 is 2.53 bits per heavy atom. The van der Waals surface area contributed by atoms with Crippen LogP contribution >= 0.6 is 11.3 Å². The molecule has 1 aromatic rings. The number of rotatable bonds is 3. The minimum absolute atomic E-state index is 0.0705. The van der Waals surface area contributed by atoms with E-state index in [9.17, 15) is 9.59 Å². The Morgan fingerprint density at radius 1 is 1.21 bits per heavy atom. The van der Waals surface area contributed by atoms with E-state index in [1.54, 1.807) is 0 Å². The third-order valence-corrected chi connectivity index (χ3v) is 4.64. The van der Waals surface area contributed by atoms with E-state index >= 15 is 0 Å². The normalized spacial score (nSPS) is 14.9. The number of primary amides is 1. The highest BCUT2D eigenvalue weighted by Crippen LogP contribution is 2.37. The maximum absolute atomic E-state index is 11.8. The average molecular weight is 280 g/mol. The van der Waals surface area contributed by atoms with Gasteiger partial charge >= 0.3 is 0 Å². The molecule has 0 aromatic carbocycles. The summed E-state index contributed by atoms with van der Waals surface area (Å²) < 4.78 is 0. The molecule has 0 atom stereocenters. The van der Waals surface area contributed by atoms with Crippen LogP contribution in [0.4, 0.5) is 5.00 Å². The van der Waals surface area contributed by atoms with Crippen LogP contribution in [-0.4, -0.2) is 11.8 Å². The summed E-state index contributed by atoms with van der Waals surface area (Å²) in [5.74, 6) is -0.611. The van der Waals surface area contributed by atoms with Crippen LogP contribution in [0.5, 0.6) is 0 Å². The van der Waals surface area contributed by atoms with Crippen molar-refractivity contribution in [2.45, 2.75) is 46.0 Å². The molecule has 4 nitrogen and oxygen atoms in total. The number of aryl methyl sites for hydroxylation is 1. The topological polar surface area (TPSA) is 72.2 Å². The highest BCUT2D eigenvalue weighted by Gasteiger charge is 2.24. The Bertz CT molecular complexity index is 506. The van der Waals surface area contributed by atoms with Crippen molar-refractivity contribution in [1.82, 2.24) is 0 Å². The quantitative estimate of drug-likeness (QED) is 0.836. The molecule has 0 saturated carbocycles. The lowest BCUT2D eigenvalue weighted by Crippen LogP contribution is -2.21. The Balaban J connectivity index is 2.38. The van der Waals surface area contributed by atoms with Crippen LogP contribution in [-0.2, 0) is 17.6 Å². The Morgan fingerprint density at radius 2 is 1.89 bits per heavy atom. The largest absolute Gasteiger partial charge is 0.365 e. The average Bonchev–Trinajstić information content (AvgIpc) is 2.51. The Labute approximate surface area is 117 Å². The lowest BCUT2D eigenvalue weighted by Gasteiger charge is -2.08. The van der Waals surface area contributed by atoms with Gasteiger partial charge in [-0.3, -0.25) is 9.59 Å². The monoisotopic (exact) mass is 280 g/mol. The van der Waals surface area contributed by atoms with Gasteiger partial charge in [-0.2, -0.15) is 0 Å². The van der Waals surface area contributed by atoms with Crippen LogP contribution in [0.15, 0.2) is 0 Å². The fourth-order valence-corrected chi connectivity index (χ4v) is 3.65. The molecule has 5 heteroatoms. The first-order valence-corrected chi connectivity index (χ1v) is 7.57. The molecule has 19 heavy (non-hydrogen) atoms. The first-order valence-electron chi connectivity index (χ1n) is 6.76. The van der Waals surface area contributed by atoms with Crippen LogP contribution in [0.2, 0.25) is 0 Å². The summed E-state index contributed by atoms with van der Waals surface area (Å²) in [6.07, 6.45) is 5.29. The minimum atomic E-state index is -0.432. The smallest absolute Gasteiger partial charge is 0.251 e. The fourth-order valence-electron chi connectivity index (χ4n) is 2.35. The van der Waals surface area contributed by atoms with Crippen molar-refractivity contribution in [2.24, 2.45) is 11.7 Å². The molecule has 2 amide bonds. The summed E-state index contributed by atoms with van der Waals surface area (Å²) in [5.41, 5.74) is 7.10. The van der Waals surface area contributed by atoms with Crippen LogP contribution in [0.3, 0.4) is 0 Å². The van der Waals surface area contributed by atoms with E-state index < -0.39 is 5.91 Å². The Kier molecular flexibility index (Phi) is 4.24. The second kappa shape index (κ2) is 5.74. The summed E-state index contributed by atoms with van der Waals surface area (Å²) >= 11 is 1.52. The zero-order valence-electron chi connectivity index (χ0n) is 11.4. The maximum atomic E-state index is 11.8.